The zero-order valence-corrected chi connectivity index (χ0v) is 9.13. The predicted molar refractivity (Wildman–Crippen MR) is 60.9 cm³/mol. The summed E-state index contributed by atoms with van der Waals surface area (Å²) in [6.45, 7) is 2.01. The Morgan fingerprint density at radius 1 is 1.31 bits per heavy atom. The summed E-state index contributed by atoms with van der Waals surface area (Å²) in [4.78, 5) is 24.2. The summed E-state index contributed by atoms with van der Waals surface area (Å²) < 4.78 is 0. The summed E-state index contributed by atoms with van der Waals surface area (Å²) in [5, 5.41) is 0. The third kappa shape index (κ3) is 2.55. The van der Waals surface area contributed by atoms with Gasteiger partial charge in [-0.05, 0) is 12.0 Å². The third-order valence-corrected chi connectivity index (χ3v) is 2.96. The van der Waals surface area contributed by atoms with E-state index in [-0.39, 0.29) is 11.7 Å². The number of hydrogen-bond donors (Lipinski definition) is 0. The van der Waals surface area contributed by atoms with Crippen LogP contribution in [0.15, 0.2) is 30.3 Å². The minimum Gasteiger partial charge on any atom is -0.303 e. The summed E-state index contributed by atoms with van der Waals surface area (Å²) in [6.07, 6.45) is 1.44. The molecule has 1 aliphatic rings. The van der Waals surface area contributed by atoms with E-state index < -0.39 is 0 Å². The number of hydrogen-bond acceptors (Lipinski definition) is 3. The molecule has 1 fully saturated rings. The Bertz CT molecular complexity index is 375. The van der Waals surface area contributed by atoms with Crippen molar-refractivity contribution in [3.8, 4) is 0 Å². The molecule has 1 aliphatic heterocycles. The van der Waals surface area contributed by atoms with E-state index in [4.69, 9.17) is 0 Å². The standard InChI is InChI=1S/C13H15NO2/c15-10-12-6-7-14(9-13(12)16)8-11-4-2-1-3-5-11/h1-5,10,12H,6-9H2/t12-/m1/s1. The molecule has 2 rings (SSSR count). The van der Waals surface area contributed by atoms with Gasteiger partial charge in [0.05, 0.1) is 12.5 Å². The van der Waals surface area contributed by atoms with Gasteiger partial charge in [0.15, 0.2) is 5.78 Å². The monoisotopic (exact) mass is 217 g/mol. The molecule has 1 saturated heterocycles. The Kier molecular flexibility index (Phi) is 3.47. The van der Waals surface area contributed by atoms with Gasteiger partial charge in [0.1, 0.15) is 6.29 Å². The Morgan fingerprint density at radius 3 is 2.69 bits per heavy atom. The number of carbonyl (C=O) groups is 2. The van der Waals surface area contributed by atoms with Crippen LogP contribution in [-0.2, 0) is 16.1 Å². The predicted octanol–water partition coefficient (Wildman–Crippen LogP) is 1.28. The highest BCUT2D eigenvalue weighted by atomic mass is 16.1. The minimum absolute atomic E-state index is 0.0529. The fourth-order valence-electron chi connectivity index (χ4n) is 2.02. The third-order valence-electron chi connectivity index (χ3n) is 2.96. The van der Waals surface area contributed by atoms with Crippen LogP contribution in [0.2, 0.25) is 0 Å². The average molecular weight is 217 g/mol. The molecule has 0 aromatic heterocycles. The minimum atomic E-state index is -0.368. The molecule has 0 spiro atoms. The van der Waals surface area contributed by atoms with Crippen LogP contribution < -0.4 is 0 Å². The molecule has 3 heteroatoms. The molecule has 0 N–H and O–H groups in total. The molecular weight excluding hydrogens is 202 g/mol. The van der Waals surface area contributed by atoms with E-state index in [1.165, 1.54) is 5.56 Å². The summed E-state index contributed by atoms with van der Waals surface area (Å²) in [5.74, 6) is -0.316. The molecule has 0 bridgehead atoms. The number of nitrogens with zero attached hydrogens (tertiary/aromatic N) is 1. The summed E-state index contributed by atoms with van der Waals surface area (Å²) >= 11 is 0. The SMILES string of the molecule is O=C[C@H]1CCN(Cc2ccccc2)CC1=O. The van der Waals surface area contributed by atoms with Gasteiger partial charge in [-0.15, -0.1) is 0 Å². The quantitative estimate of drug-likeness (QED) is 0.565. The summed E-state index contributed by atoms with van der Waals surface area (Å²) in [7, 11) is 0. The number of Topliss-reactive ketones (excluding diaryl/α,β-unsaturated/α-hetero) is 1. The lowest BCUT2D eigenvalue weighted by molar-refractivity contribution is -0.131. The molecule has 1 aromatic rings. The van der Waals surface area contributed by atoms with E-state index in [0.717, 1.165) is 19.4 Å². The van der Waals surface area contributed by atoms with Gasteiger partial charge >= 0.3 is 0 Å². The molecule has 0 aliphatic carbocycles. The smallest absolute Gasteiger partial charge is 0.157 e. The van der Waals surface area contributed by atoms with Gasteiger partial charge < -0.3 is 4.79 Å². The second-order valence-corrected chi connectivity index (χ2v) is 4.19. The Labute approximate surface area is 95.1 Å². The van der Waals surface area contributed by atoms with Crippen LogP contribution in [0.3, 0.4) is 0 Å². The lowest BCUT2D eigenvalue weighted by Crippen LogP contribution is -2.40. The second-order valence-electron chi connectivity index (χ2n) is 4.19. The zero-order valence-electron chi connectivity index (χ0n) is 9.13. The van der Waals surface area contributed by atoms with E-state index in [9.17, 15) is 9.59 Å². The number of benzene rings is 1. The van der Waals surface area contributed by atoms with Gasteiger partial charge in [-0.25, -0.2) is 0 Å². The van der Waals surface area contributed by atoms with Gasteiger partial charge in [-0.1, -0.05) is 30.3 Å². The number of piperidine rings is 1. The highest BCUT2D eigenvalue weighted by Crippen LogP contribution is 2.14. The summed E-state index contributed by atoms with van der Waals surface area (Å²) in [5.41, 5.74) is 1.21. The van der Waals surface area contributed by atoms with Gasteiger partial charge in [-0.3, -0.25) is 9.69 Å². The van der Waals surface area contributed by atoms with Crippen molar-refractivity contribution >= 4 is 12.1 Å². The van der Waals surface area contributed by atoms with Crippen LogP contribution in [0.1, 0.15) is 12.0 Å². The first kappa shape index (κ1) is 11.0. The van der Waals surface area contributed by atoms with Crippen LogP contribution in [0.25, 0.3) is 0 Å². The molecule has 3 nitrogen and oxygen atoms in total. The van der Waals surface area contributed by atoms with E-state index in [1.54, 1.807) is 0 Å². The molecule has 0 amide bonds. The molecule has 0 radical (unpaired) electrons. The number of carbonyl (C=O) groups excluding carboxylic acids is 2. The van der Waals surface area contributed by atoms with Crippen molar-refractivity contribution < 1.29 is 9.59 Å². The van der Waals surface area contributed by atoms with Crippen molar-refractivity contribution in [2.45, 2.75) is 13.0 Å². The van der Waals surface area contributed by atoms with Crippen LogP contribution in [0.4, 0.5) is 0 Å². The van der Waals surface area contributed by atoms with Crippen molar-refractivity contribution in [1.82, 2.24) is 4.90 Å². The first-order valence-electron chi connectivity index (χ1n) is 5.54. The fourth-order valence-corrected chi connectivity index (χ4v) is 2.02. The van der Waals surface area contributed by atoms with Crippen molar-refractivity contribution in [2.24, 2.45) is 5.92 Å². The maximum Gasteiger partial charge on any atom is 0.157 e. The van der Waals surface area contributed by atoms with E-state index in [0.29, 0.717) is 13.0 Å². The van der Waals surface area contributed by atoms with Crippen molar-refractivity contribution in [3.05, 3.63) is 35.9 Å². The molecule has 1 atom stereocenters. The molecular formula is C13H15NO2. The maximum absolute atomic E-state index is 11.6. The number of aldehydes is 1. The zero-order chi connectivity index (χ0) is 11.4. The topological polar surface area (TPSA) is 37.4 Å². The fraction of sp³-hybridized carbons (Fsp3) is 0.385. The van der Waals surface area contributed by atoms with Crippen LogP contribution in [-0.4, -0.2) is 30.1 Å². The van der Waals surface area contributed by atoms with Crippen molar-refractivity contribution in [1.29, 1.82) is 0 Å². The van der Waals surface area contributed by atoms with Crippen LogP contribution >= 0.6 is 0 Å². The van der Waals surface area contributed by atoms with E-state index in [2.05, 4.69) is 17.0 Å². The summed E-state index contributed by atoms with van der Waals surface area (Å²) in [6, 6.07) is 10.1. The van der Waals surface area contributed by atoms with Gasteiger partial charge in [0.2, 0.25) is 0 Å². The number of ketones is 1. The Hall–Kier alpha value is -1.48. The van der Waals surface area contributed by atoms with Crippen LogP contribution in [0, 0.1) is 5.92 Å². The van der Waals surface area contributed by atoms with Crippen LogP contribution in [0.5, 0.6) is 0 Å². The Morgan fingerprint density at radius 2 is 2.06 bits per heavy atom. The number of likely N-dealkylation sites (tertiary alicyclic amines) is 1. The highest BCUT2D eigenvalue weighted by Gasteiger charge is 2.26. The van der Waals surface area contributed by atoms with Crippen molar-refractivity contribution in [2.75, 3.05) is 13.1 Å². The molecule has 0 saturated carbocycles. The molecule has 1 heterocycles. The first-order valence-corrected chi connectivity index (χ1v) is 5.54. The average Bonchev–Trinajstić information content (AvgIpc) is 2.31. The second kappa shape index (κ2) is 5.03. The van der Waals surface area contributed by atoms with Gasteiger partial charge in [-0.2, -0.15) is 0 Å². The Balaban J connectivity index is 1.94. The van der Waals surface area contributed by atoms with Gasteiger partial charge in [0, 0.05) is 13.1 Å². The normalized spacial score (nSPS) is 22.0. The maximum atomic E-state index is 11.6. The lowest BCUT2D eigenvalue weighted by atomic mass is 9.97. The van der Waals surface area contributed by atoms with Crippen molar-refractivity contribution in [3.63, 3.8) is 0 Å². The van der Waals surface area contributed by atoms with E-state index in [1.807, 2.05) is 18.2 Å². The highest BCUT2D eigenvalue weighted by molar-refractivity contribution is 5.95. The molecule has 16 heavy (non-hydrogen) atoms. The number of rotatable bonds is 3. The molecule has 84 valence electrons. The molecule has 1 aromatic carbocycles. The first-order chi connectivity index (χ1) is 7.79. The molecule has 0 unspecified atom stereocenters. The largest absolute Gasteiger partial charge is 0.303 e. The van der Waals surface area contributed by atoms with E-state index >= 15 is 0 Å². The van der Waals surface area contributed by atoms with Gasteiger partial charge in [0.25, 0.3) is 0 Å². The lowest BCUT2D eigenvalue weighted by Gasteiger charge is -2.28.